The molecule has 0 fully saturated rings. The lowest BCUT2D eigenvalue weighted by molar-refractivity contribution is -0.116. The number of anilines is 6. The Labute approximate surface area is 199 Å². The van der Waals surface area contributed by atoms with Crippen molar-refractivity contribution in [3.63, 3.8) is 0 Å². The molecule has 3 amide bonds. The Morgan fingerprint density at radius 3 is 1.00 bits per heavy atom. The highest BCUT2D eigenvalue weighted by molar-refractivity contribution is 6.01. The molecule has 190 valence electrons. The number of urea groups is 1. The summed E-state index contributed by atoms with van der Waals surface area (Å²) in [6.07, 6.45) is 0. The molecule has 0 radical (unpaired) electrons. The first-order chi connectivity index (χ1) is 14.8. The Balaban J connectivity index is 0.00000544. The van der Waals surface area contributed by atoms with Crippen LogP contribution in [-0.2, 0) is 4.79 Å². The number of carbonyl (C=O) groups is 2. The van der Waals surface area contributed by atoms with Gasteiger partial charge in [-0.25, -0.2) is 4.79 Å². The normalized spacial score (nSPS) is 9.82. The Morgan fingerprint density at radius 1 is 0.500 bits per heavy atom. The van der Waals surface area contributed by atoms with Crippen molar-refractivity contribution in [1.82, 2.24) is 29.9 Å². The lowest BCUT2D eigenvalue weighted by Gasteiger charge is -2.25. The number of halogens is 1. The molecule has 0 aliphatic heterocycles. The summed E-state index contributed by atoms with van der Waals surface area (Å²) in [6.45, 7) is 1.40. The predicted molar refractivity (Wildman–Crippen MR) is 133 cm³/mol. The minimum absolute atomic E-state index is 0. The molecule has 2 aromatic rings. The van der Waals surface area contributed by atoms with E-state index in [1.165, 1.54) is 28.7 Å². The topological polar surface area (TPSA) is 131 Å². The highest BCUT2D eigenvalue weighted by atomic mass is 19.0. The largest absolute Gasteiger partial charge is 0.347 e. The SMILES string of the molecule is C.CC(=O)N(C)c1nc(N(C)C)nc(N(C)C(=O)N(C)c2nc(N(C)C)nc(N(C)C)n2)n1.F. The van der Waals surface area contributed by atoms with Crippen molar-refractivity contribution >= 4 is 47.6 Å². The monoisotopic (exact) mass is 482 g/mol. The van der Waals surface area contributed by atoms with Gasteiger partial charge in [-0.1, -0.05) is 7.43 Å². The summed E-state index contributed by atoms with van der Waals surface area (Å²) < 4.78 is 0. The fourth-order valence-corrected chi connectivity index (χ4v) is 2.27. The van der Waals surface area contributed by atoms with Crippen LogP contribution in [0.25, 0.3) is 0 Å². The van der Waals surface area contributed by atoms with E-state index in [-0.39, 0.29) is 35.9 Å². The van der Waals surface area contributed by atoms with Gasteiger partial charge < -0.3 is 14.7 Å². The van der Waals surface area contributed by atoms with Crippen LogP contribution < -0.4 is 29.4 Å². The molecule has 14 nitrogen and oxygen atoms in total. The van der Waals surface area contributed by atoms with Crippen molar-refractivity contribution < 1.29 is 14.3 Å². The van der Waals surface area contributed by atoms with Crippen molar-refractivity contribution in [1.29, 1.82) is 0 Å². The van der Waals surface area contributed by atoms with Gasteiger partial charge in [0, 0.05) is 70.4 Å². The second kappa shape index (κ2) is 11.8. The van der Waals surface area contributed by atoms with Gasteiger partial charge >= 0.3 is 6.03 Å². The molecular formula is C19H35FN12O2. The third kappa shape index (κ3) is 6.55. The Hall–Kier alpha value is -3.91. The summed E-state index contributed by atoms with van der Waals surface area (Å²) >= 11 is 0. The lowest BCUT2D eigenvalue weighted by atomic mass is 10.6. The maximum atomic E-state index is 13.2. The van der Waals surface area contributed by atoms with Gasteiger partial charge in [0.1, 0.15) is 0 Å². The average molecular weight is 483 g/mol. The molecule has 0 saturated carbocycles. The van der Waals surface area contributed by atoms with Gasteiger partial charge in [-0.3, -0.25) is 24.2 Å². The van der Waals surface area contributed by atoms with Crippen LogP contribution in [0.5, 0.6) is 0 Å². The zero-order chi connectivity index (χ0) is 24.3. The zero-order valence-corrected chi connectivity index (χ0v) is 20.6. The Bertz CT molecular complexity index is 975. The minimum atomic E-state index is -0.488. The third-order valence-electron chi connectivity index (χ3n) is 4.35. The maximum Gasteiger partial charge on any atom is 0.333 e. The van der Waals surface area contributed by atoms with Crippen molar-refractivity contribution in [2.24, 2.45) is 0 Å². The molecule has 0 spiro atoms. The van der Waals surface area contributed by atoms with Crippen molar-refractivity contribution in [2.75, 3.05) is 92.8 Å². The van der Waals surface area contributed by atoms with E-state index in [1.54, 1.807) is 71.1 Å². The lowest BCUT2D eigenvalue weighted by Crippen LogP contribution is -2.41. The Morgan fingerprint density at radius 2 is 0.735 bits per heavy atom. The molecular weight excluding hydrogens is 447 g/mol. The standard InChI is InChI=1S/C18H30N12O2.CH4.FH/c1-11(31)28(8)15-20-14(27(6)7)23-17(24-15)30(10)18(32)29(9)16-21-12(25(2)3)19-13(22-16)26(4)5;;/h1-10H3;1H4;1H. The highest BCUT2D eigenvalue weighted by Crippen LogP contribution is 2.20. The van der Waals surface area contributed by atoms with Crippen LogP contribution in [-0.4, -0.2) is 105 Å². The van der Waals surface area contributed by atoms with Crippen LogP contribution in [0, 0.1) is 0 Å². The second-order valence-corrected chi connectivity index (χ2v) is 7.63. The van der Waals surface area contributed by atoms with Gasteiger partial charge in [-0.15, -0.1) is 0 Å². The first-order valence-electron chi connectivity index (χ1n) is 9.63. The quantitative estimate of drug-likeness (QED) is 0.577. The van der Waals surface area contributed by atoms with Crippen LogP contribution in [0.15, 0.2) is 0 Å². The molecule has 15 heteroatoms. The average Bonchev–Trinajstić information content (AvgIpc) is 2.75. The molecule has 0 aliphatic rings. The summed E-state index contributed by atoms with van der Waals surface area (Å²) in [6, 6.07) is -0.488. The van der Waals surface area contributed by atoms with E-state index in [9.17, 15) is 9.59 Å². The summed E-state index contributed by atoms with van der Waals surface area (Å²) in [5, 5.41) is 0. The fourth-order valence-electron chi connectivity index (χ4n) is 2.27. The van der Waals surface area contributed by atoms with Crippen LogP contribution >= 0.6 is 0 Å². The van der Waals surface area contributed by atoms with E-state index in [4.69, 9.17) is 0 Å². The Kier molecular flexibility index (Phi) is 10.4. The van der Waals surface area contributed by atoms with E-state index in [0.29, 0.717) is 17.8 Å². The van der Waals surface area contributed by atoms with Crippen LogP contribution in [0.3, 0.4) is 0 Å². The number of hydrogen-bond donors (Lipinski definition) is 0. The molecule has 0 N–H and O–H groups in total. The third-order valence-corrected chi connectivity index (χ3v) is 4.35. The maximum absolute atomic E-state index is 13.2. The number of hydrogen-bond acceptors (Lipinski definition) is 11. The zero-order valence-electron chi connectivity index (χ0n) is 20.6. The first-order valence-corrected chi connectivity index (χ1v) is 9.63. The predicted octanol–water partition coefficient (Wildman–Crippen LogP) is 0.719. The summed E-state index contributed by atoms with van der Waals surface area (Å²) in [4.78, 5) is 59.9. The van der Waals surface area contributed by atoms with Crippen LogP contribution in [0.4, 0.5) is 45.2 Å². The fraction of sp³-hybridized carbons (Fsp3) is 0.579. The van der Waals surface area contributed by atoms with Gasteiger partial charge in [0.2, 0.25) is 41.6 Å². The molecule has 2 heterocycles. The number of amides is 3. The molecule has 0 saturated heterocycles. The highest BCUT2D eigenvalue weighted by Gasteiger charge is 2.25. The van der Waals surface area contributed by atoms with E-state index in [1.807, 2.05) is 0 Å². The minimum Gasteiger partial charge on any atom is -0.347 e. The summed E-state index contributed by atoms with van der Waals surface area (Å²) in [5.74, 6) is 1.20. The van der Waals surface area contributed by atoms with E-state index >= 15 is 0 Å². The van der Waals surface area contributed by atoms with E-state index in [0.717, 1.165) is 0 Å². The molecule has 0 aliphatic carbocycles. The first kappa shape index (κ1) is 30.1. The van der Waals surface area contributed by atoms with E-state index < -0.39 is 6.03 Å². The molecule has 0 unspecified atom stereocenters. The van der Waals surface area contributed by atoms with E-state index in [2.05, 4.69) is 29.9 Å². The number of nitrogens with zero attached hydrogens (tertiary/aromatic N) is 12. The van der Waals surface area contributed by atoms with Gasteiger partial charge in [0.25, 0.3) is 0 Å². The molecule has 0 bridgehead atoms. The van der Waals surface area contributed by atoms with Crippen LogP contribution in [0.1, 0.15) is 14.4 Å². The van der Waals surface area contributed by atoms with Crippen LogP contribution in [0.2, 0.25) is 0 Å². The van der Waals surface area contributed by atoms with Gasteiger partial charge in [0.15, 0.2) is 0 Å². The second-order valence-electron chi connectivity index (χ2n) is 7.63. The molecule has 0 atom stereocenters. The number of aromatic nitrogens is 6. The smallest absolute Gasteiger partial charge is 0.333 e. The molecule has 2 aromatic heterocycles. The van der Waals surface area contributed by atoms with Crippen molar-refractivity contribution in [3.05, 3.63) is 0 Å². The van der Waals surface area contributed by atoms with Gasteiger partial charge in [0.05, 0.1) is 0 Å². The summed E-state index contributed by atoms with van der Waals surface area (Å²) in [7, 11) is 15.3. The summed E-state index contributed by atoms with van der Waals surface area (Å²) in [5.41, 5.74) is 0. The molecule has 0 aromatic carbocycles. The van der Waals surface area contributed by atoms with Crippen molar-refractivity contribution in [3.8, 4) is 0 Å². The molecule has 2 rings (SSSR count). The van der Waals surface area contributed by atoms with Gasteiger partial charge in [-0.05, 0) is 0 Å². The molecule has 34 heavy (non-hydrogen) atoms. The van der Waals surface area contributed by atoms with Gasteiger partial charge in [-0.2, -0.15) is 29.9 Å². The van der Waals surface area contributed by atoms with Crippen molar-refractivity contribution in [2.45, 2.75) is 14.4 Å². The number of carbonyl (C=O) groups excluding carboxylic acids is 2. The number of rotatable bonds is 6.